The number of carbonyl (C=O) groups excluding carboxylic acids is 2. The summed E-state index contributed by atoms with van der Waals surface area (Å²) in [5, 5.41) is 3.89. The lowest BCUT2D eigenvalue weighted by Crippen LogP contribution is -2.50. The quantitative estimate of drug-likeness (QED) is 0.521. The third-order valence-electron chi connectivity index (χ3n) is 4.78. The van der Waals surface area contributed by atoms with Crippen molar-refractivity contribution in [2.75, 3.05) is 13.2 Å². The maximum atomic E-state index is 13.2. The van der Waals surface area contributed by atoms with Gasteiger partial charge in [-0.1, -0.05) is 62.2 Å². The van der Waals surface area contributed by atoms with E-state index in [9.17, 15) is 9.59 Å². The van der Waals surface area contributed by atoms with Crippen LogP contribution in [-0.2, 0) is 16.1 Å². The monoisotopic (exact) mass is 464 g/mol. The maximum Gasteiger partial charge on any atom is 0.261 e. The Morgan fingerprint density at radius 3 is 2.48 bits per heavy atom. The van der Waals surface area contributed by atoms with Crippen LogP contribution in [0.4, 0.5) is 0 Å². The Labute approximate surface area is 194 Å². The highest BCUT2D eigenvalue weighted by atomic mass is 35.5. The van der Waals surface area contributed by atoms with Gasteiger partial charge in [-0.25, -0.2) is 0 Å². The first kappa shape index (κ1) is 25.0. The second-order valence-corrected chi connectivity index (χ2v) is 8.77. The summed E-state index contributed by atoms with van der Waals surface area (Å²) < 4.78 is 5.71. The molecule has 0 aliphatic rings. The number of carbonyl (C=O) groups is 2. The minimum absolute atomic E-state index is 0.178. The Hall–Kier alpha value is -2.24. The van der Waals surface area contributed by atoms with Crippen molar-refractivity contribution in [1.29, 1.82) is 0 Å². The molecule has 2 aromatic carbocycles. The normalized spacial score (nSPS) is 11.8. The first-order chi connectivity index (χ1) is 14.7. The molecule has 5 nitrogen and oxygen atoms in total. The molecule has 2 aromatic rings. The highest BCUT2D eigenvalue weighted by Crippen LogP contribution is 2.24. The number of rotatable bonds is 10. The lowest BCUT2D eigenvalue weighted by atomic mass is 10.1. The largest absolute Gasteiger partial charge is 0.484 e. The molecule has 31 heavy (non-hydrogen) atoms. The highest BCUT2D eigenvalue weighted by Gasteiger charge is 2.29. The molecular weight excluding hydrogens is 435 g/mol. The predicted molar refractivity (Wildman–Crippen MR) is 126 cm³/mol. The number of hydrogen-bond acceptors (Lipinski definition) is 3. The summed E-state index contributed by atoms with van der Waals surface area (Å²) in [5.74, 6) is 0.431. The number of nitrogens with zero attached hydrogens (tertiary/aromatic N) is 1. The van der Waals surface area contributed by atoms with Gasteiger partial charge < -0.3 is 15.0 Å². The number of hydrogen-bond donors (Lipinski definition) is 1. The summed E-state index contributed by atoms with van der Waals surface area (Å²) in [6.45, 7) is 8.42. The predicted octanol–water partition coefficient (Wildman–Crippen LogP) is 5.26. The fourth-order valence-electron chi connectivity index (χ4n) is 3.11. The van der Waals surface area contributed by atoms with E-state index in [-0.39, 0.29) is 25.0 Å². The van der Waals surface area contributed by atoms with Crippen LogP contribution in [0.2, 0.25) is 10.0 Å². The maximum absolute atomic E-state index is 13.2. The summed E-state index contributed by atoms with van der Waals surface area (Å²) in [4.78, 5) is 27.6. The molecule has 0 fully saturated rings. The van der Waals surface area contributed by atoms with Crippen LogP contribution in [0, 0.1) is 12.8 Å². The molecule has 0 spiro atoms. The van der Waals surface area contributed by atoms with Gasteiger partial charge in [-0.3, -0.25) is 9.59 Å². The third-order valence-corrected chi connectivity index (χ3v) is 5.37. The molecule has 0 saturated heterocycles. The lowest BCUT2D eigenvalue weighted by Gasteiger charge is -2.31. The number of halogens is 2. The van der Waals surface area contributed by atoms with Crippen LogP contribution in [0.1, 0.15) is 38.3 Å². The number of aryl methyl sites for hydroxylation is 1. The summed E-state index contributed by atoms with van der Waals surface area (Å²) in [6.07, 6.45) is 0.464. The van der Waals surface area contributed by atoms with Crippen molar-refractivity contribution in [2.45, 2.75) is 46.7 Å². The summed E-state index contributed by atoms with van der Waals surface area (Å²) in [6, 6.07) is 12.0. The van der Waals surface area contributed by atoms with Crippen LogP contribution >= 0.6 is 23.2 Å². The smallest absolute Gasteiger partial charge is 0.261 e. The highest BCUT2D eigenvalue weighted by molar-refractivity contribution is 6.35. The van der Waals surface area contributed by atoms with Crippen molar-refractivity contribution in [1.82, 2.24) is 10.2 Å². The molecule has 1 atom stereocenters. The molecule has 2 rings (SSSR count). The molecule has 0 heterocycles. The second kappa shape index (κ2) is 12.0. The standard InChI is InChI=1S/C24H30Cl2N2O3/c1-5-22(24(30)27-13-16(2)3)28(14-18-9-10-19(25)12-21(18)26)23(29)15-31-20-8-6-7-17(4)11-20/h6-12,16,22H,5,13-15H2,1-4H3,(H,27,30). The summed E-state index contributed by atoms with van der Waals surface area (Å²) in [7, 11) is 0. The molecule has 2 amide bonds. The van der Waals surface area contributed by atoms with Gasteiger partial charge in [-0.05, 0) is 54.7 Å². The van der Waals surface area contributed by atoms with E-state index in [1.165, 1.54) is 4.90 Å². The molecule has 7 heteroatoms. The van der Waals surface area contributed by atoms with Gasteiger partial charge in [0, 0.05) is 23.1 Å². The van der Waals surface area contributed by atoms with Gasteiger partial charge in [-0.2, -0.15) is 0 Å². The zero-order valence-electron chi connectivity index (χ0n) is 18.5. The van der Waals surface area contributed by atoms with Crippen molar-refractivity contribution in [3.63, 3.8) is 0 Å². The zero-order chi connectivity index (χ0) is 23.0. The van der Waals surface area contributed by atoms with Gasteiger partial charge in [0.1, 0.15) is 11.8 Å². The molecular formula is C24H30Cl2N2O3. The third kappa shape index (κ3) is 7.75. The molecule has 0 aliphatic carbocycles. The minimum atomic E-state index is -0.640. The Balaban J connectivity index is 2.24. The second-order valence-electron chi connectivity index (χ2n) is 7.93. The molecule has 0 saturated carbocycles. The first-order valence-corrected chi connectivity index (χ1v) is 11.2. The fraction of sp³-hybridized carbons (Fsp3) is 0.417. The van der Waals surface area contributed by atoms with Crippen LogP contribution in [0.25, 0.3) is 0 Å². The van der Waals surface area contributed by atoms with Crippen molar-refractivity contribution in [3.05, 3.63) is 63.6 Å². The fourth-order valence-corrected chi connectivity index (χ4v) is 3.58. The lowest BCUT2D eigenvalue weighted by molar-refractivity contribution is -0.143. The Morgan fingerprint density at radius 2 is 1.87 bits per heavy atom. The molecule has 0 aromatic heterocycles. The van der Waals surface area contributed by atoms with E-state index in [0.29, 0.717) is 40.2 Å². The van der Waals surface area contributed by atoms with Crippen LogP contribution in [0.3, 0.4) is 0 Å². The number of benzene rings is 2. The summed E-state index contributed by atoms with van der Waals surface area (Å²) in [5.41, 5.74) is 1.75. The average molecular weight is 465 g/mol. The van der Waals surface area contributed by atoms with Crippen molar-refractivity contribution >= 4 is 35.0 Å². The molecule has 1 unspecified atom stereocenters. The first-order valence-electron chi connectivity index (χ1n) is 10.4. The van der Waals surface area contributed by atoms with Crippen LogP contribution in [-0.4, -0.2) is 35.9 Å². The molecule has 1 N–H and O–H groups in total. The van der Waals surface area contributed by atoms with E-state index in [1.54, 1.807) is 24.3 Å². The Kier molecular flexibility index (Phi) is 9.66. The van der Waals surface area contributed by atoms with Gasteiger partial charge in [0.15, 0.2) is 6.61 Å². The number of nitrogens with one attached hydrogen (secondary N) is 1. The summed E-state index contributed by atoms with van der Waals surface area (Å²) >= 11 is 12.4. The van der Waals surface area contributed by atoms with Crippen LogP contribution in [0.15, 0.2) is 42.5 Å². The molecule has 0 bridgehead atoms. The van der Waals surface area contributed by atoms with Gasteiger partial charge in [0.2, 0.25) is 5.91 Å². The van der Waals surface area contributed by atoms with E-state index >= 15 is 0 Å². The van der Waals surface area contributed by atoms with Crippen molar-refractivity contribution in [3.8, 4) is 5.75 Å². The van der Waals surface area contributed by atoms with E-state index in [4.69, 9.17) is 27.9 Å². The van der Waals surface area contributed by atoms with E-state index < -0.39 is 6.04 Å². The van der Waals surface area contributed by atoms with Gasteiger partial charge in [0.05, 0.1) is 0 Å². The Morgan fingerprint density at radius 1 is 1.13 bits per heavy atom. The zero-order valence-corrected chi connectivity index (χ0v) is 20.0. The van der Waals surface area contributed by atoms with Crippen molar-refractivity contribution < 1.29 is 14.3 Å². The van der Waals surface area contributed by atoms with Crippen LogP contribution < -0.4 is 10.1 Å². The van der Waals surface area contributed by atoms with Crippen LogP contribution in [0.5, 0.6) is 5.75 Å². The SMILES string of the molecule is CCC(C(=O)NCC(C)C)N(Cc1ccc(Cl)cc1Cl)C(=O)COc1cccc(C)c1. The van der Waals surface area contributed by atoms with E-state index in [2.05, 4.69) is 5.32 Å². The van der Waals surface area contributed by atoms with Gasteiger partial charge in [-0.15, -0.1) is 0 Å². The van der Waals surface area contributed by atoms with Crippen molar-refractivity contribution in [2.24, 2.45) is 5.92 Å². The molecule has 0 aliphatic heterocycles. The molecule has 168 valence electrons. The average Bonchev–Trinajstić information content (AvgIpc) is 2.72. The van der Waals surface area contributed by atoms with Gasteiger partial charge in [0.25, 0.3) is 5.91 Å². The van der Waals surface area contributed by atoms with Gasteiger partial charge >= 0.3 is 0 Å². The topological polar surface area (TPSA) is 58.6 Å². The number of ether oxygens (including phenoxy) is 1. The minimum Gasteiger partial charge on any atom is -0.484 e. The Bertz CT molecular complexity index is 902. The van der Waals surface area contributed by atoms with E-state index in [1.807, 2.05) is 45.9 Å². The van der Waals surface area contributed by atoms with E-state index in [0.717, 1.165) is 5.56 Å². The number of amides is 2. The molecule has 0 radical (unpaired) electrons.